The van der Waals surface area contributed by atoms with Crippen molar-refractivity contribution in [3.8, 4) is 22.6 Å². The Hall–Kier alpha value is -3.31. The minimum atomic E-state index is -0.884. The summed E-state index contributed by atoms with van der Waals surface area (Å²) in [6.07, 6.45) is -0.0701. The Balaban J connectivity index is 1.83. The predicted octanol–water partition coefficient (Wildman–Crippen LogP) is 4.03. The van der Waals surface area contributed by atoms with Gasteiger partial charge in [0.25, 0.3) is 0 Å². The van der Waals surface area contributed by atoms with E-state index in [0.717, 1.165) is 28.0 Å². The molecule has 0 saturated carbocycles. The van der Waals surface area contributed by atoms with Crippen LogP contribution in [0.5, 0.6) is 11.5 Å². The topological polar surface area (TPSA) is 81.8 Å². The van der Waals surface area contributed by atoms with Crippen LogP contribution in [0.1, 0.15) is 16.7 Å². The Morgan fingerprint density at radius 2 is 1.75 bits per heavy atom. The Kier molecular flexibility index (Phi) is 6.29. The summed E-state index contributed by atoms with van der Waals surface area (Å²) in [7, 11) is 1.64. The van der Waals surface area contributed by atoms with Gasteiger partial charge in [0.2, 0.25) is 0 Å². The van der Waals surface area contributed by atoms with Crippen molar-refractivity contribution in [2.75, 3.05) is 7.11 Å². The number of benzene rings is 3. The van der Waals surface area contributed by atoms with Gasteiger partial charge < -0.3 is 20.3 Å². The van der Waals surface area contributed by atoms with Crippen LogP contribution in [-0.2, 0) is 24.4 Å². The maximum atomic E-state index is 11.0. The van der Waals surface area contributed by atoms with Gasteiger partial charge in [0.05, 0.1) is 13.5 Å². The van der Waals surface area contributed by atoms with Crippen LogP contribution in [0.2, 0.25) is 0 Å². The number of methoxy groups -OCH3 is 1. The summed E-state index contributed by atoms with van der Waals surface area (Å²) in [5, 5.41) is 9.05. The van der Waals surface area contributed by atoms with Gasteiger partial charge in [0.1, 0.15) is 18.1 Å². The molecule has 0 aliphatic heterocycles. The maximum absolute atomic E-state index is 11.0. The van der Waals surface area contributed by atoms with E-state index in [9.17, 15) is 4.79 Å². The van der Waals surface area contributed by atoms with Gasteiger partial charge in [-0.15, -0.1) is 0 Å². The number of para-hydroxylation sites is 2. The fourth-order valence-corrected chi connectivity index (χ4v) is 3.16. The molecule has 0 radical (unpaired) electrons. The van der Waals surface area contributed by atoms with Crippen molar-refractivity contribution in [1.29, 1.82) is 0 Å². The SMILES string of the molecule is COc1c(CN)cccc1-c1cccc(COc2ccccc2CC(=O)O)c1. The molecule has 5 heteroatoms. The first kappa shape index (κ1) is 19.5. The molecule has 3 rings (SSSR count). The predicted molar refractivity (Wildman–Crippen MR) is 108 cm³/mol. The average molecular weight is 377 g/mol. The molecular formula is C23H23NO4. The Morgan fingerprint density at radius 3 is 2.50 bits per heavy atom. The summed E-state index contributed by atoms with van der Waals surface area (Å²) < 4.78 is 11.5. The van der Waals surface area contributed by atoms with Crippen LogP contribution < -0.4 is 15.2 Å². The standard InChI is InChI=1S/C23H23NO4/c1-27-23-19(14-24)9-5-10-20(23)17-8-4-6-16(12-17)15-28-21-11-3-2-7-18(21)13-22(25)26/h2-12H,13-15,24H2,1H3,(H,25,26). The van der Waals surface area contributed by atoms with Crippen LogP contribution in [-0.4, -0.2) is 18.2 Å². The highest BCUT2D eigenvalue weighted by Gasteiger charge is 2.11. The van der Waals surface area contributed by atoms with Crippen molar-refractivity contribution in [3.05, 3.63) is 83.4 Å². The van der Waals surface area contributed by atoms with Crippen molar-refractivity contribution < 1.29 is 19.4 Å². The molecule has 0 heterocycles. The molecule has 0 fully saturated rings. The average Bonchev–Trinajstić information content (AvgIpc) is 2.72. The van der Waals surface area contributed by atoms with E-state index in [1.165, 1.54) is 0 Å². The van der Waals surface area contributed by atoms with Crippen LogP contribution >= 0.6 is 0 Å². The lowest BCUT2D eigenvalue weighted by atomic mass is 9.99. The van der Waals surface area contributed by atoms with Gasteiger partial charge in [0.15, 0.2) is 0 Å². The third-order valence-electron chi connectivity index (χ3n) is 4.47. The summed E-state index contributed by atoms with van der Waals surface area (Å²) in [4.78, 5) is 11.0. The van der Waals surface area contributed by atoms with E-state index in [4.69, 9.17) is 20.3 Å². The fourth-order valence-electron chi connectivity index (χ4n) is 3.16. The summed E-state index contributed by atoms with van der Waals surface area (Å²) in [6, 6.07) is 21.1. The van der Waals surface area contributed by atoms with Crippen molar-refractivity contribution in [3.63, 3.8) is 0 Å². The highest BCUT2D eigenvalue weighted by atomic mass is 16.5. The Bertz CT molecular complexity index is 968. The van der Waals surface area contributed by atoms with Gasteiger partial charge in [-0.05, 0) is 23.3 Å². The second-order valence-electron chi connectivity index (χ2n) is 6.37. The summed E-state index contributed by atoms with van der Waals surface area (Å²) in [5.74, 6) is 0.470. The number of hydrogen-bond acceptors (Lipinski definition) is 4. The molecule has 28 heavy (non-hydrogen) atoms. The van der Waals surface area contributed by atoms with Gasteiger partial charge in [-0.2, -0.15) is 0 Å². The summed E-state index contributed by atoms with van der Waals surface area (Å²) in [6.45, 7) is 0.740. The zero-order chi connectivity index (χ0) is 19.9. The highest BCUT2D eigenvalue weighted by Crippen LogP contribution is 2.33. The number of ether oxygens (including phenoxy) is 2. The van der Waals surface area contributed by atoms with E-state index < -0.39 is 5.97 Å². The molecule has 0 spiro atoms. The van der Waals surface area contributed by atoms with Gasteiger partial charge in [-0.1, -0.05) is 54.6 Å². The summed E-state index contributed by atoms with van der Waals surface area (Å²) >= 11 is 0. The largest absolute Gasteiger partial charge is 0.496 e. The van der Waals surface area contributed by atoms with E-state index in [2.05, 4.69) is 0 Å². The number of aliphatic carboxylic acids is 1. The lowest BCUT2D eigenvalue weighted by molar-refractivity contribution is -0.136. The second-order valence-corrected chi connectivity index (χ2v) is 6.37. The van der Waals surface area contributed by atoms with Gasteiger partial charge in [-0.25, -0.2) is 0 Å². The molecule has 0 bridgehead atoms. The van der Waals surface area contributed by atoms with Crippen LogP contribution in [0.25, 0.3) is 11.1 Å². The van der Waals surface area contributed by atoms with E-state index in [1.807, 2.05) is 54.6 Å². The van der Waals surface area contributed by atoms with E-state index >= 15 is 0 Å². The highest BCUT2D eigenvalue weighted by molar-refractivity contribution is 5.73. The zero-order valence-corrected chi connectivity index (χ0v) is 15.7. The lowest BCUT2D eigenvalue weighted by Crippen LogP contribution is -2.04. The molecule has 0 unspecified atom stereocenters. The first-order valence-corrected chi connectivity index (χ1v) is 9.00. The monoisotopic (exact) mass is 377 g/mol. The quantitative estimate of drug-likeness (QED) is 0.619. The van der Waals surface area contributed by atoms with Gasteiger partial charge in [-0.3, -0.25) is 4.79 Å². The van der Waals surface area contributed by atoms with E-state index in [-0.39, 0.29) is 6.42 Å². The molecule has 5 nitrogen and oxygen atoms in total. The van der Waals surface area contributed by atoms with Crippen molar-refractivity contribution in [2.45, 2.75) is 19.6 Å². The van der Waals surface area contributed by atoms with Crippen molar-refractivity contribution in [2.24, 2.45) is 5.73 Å². The summed E-state index contributed by atoms with van der Waals surface area (Å²) in [5.41, 5.74) is 10.4. The van der Waals surface area contributed by atoms with Crippen LogP contribution in [0.3, 0.4) is 0 Å². The molecule has 3 aromatic rings. The zero-order valence-electron chi connectivity index (χ0n) is 15.7. The van der Waals surface area contributed by atoms with E-state index in [0.29, 0.717) is 24.5 Å². The molecule has 0 atom stereocenters. The number of rotatable bonds is 8. The van der Waals surface area contributed by atoms with Crippen LogP contribution in [0.4, 0.5) is 0 Å². The van der Waals surface area contributed by atoms with Gasteiger partial charge in [0, 0.05) is 23.2 Å². The second kappa shape index (κ2) is 9.06. The number of hydrogen-bond donors (Lipinski definition) is 2. The third-order valence-corrected chi connectivity index (χ3v) is 4.47. The maximum Gasteiger partial charge on any atom is 0.307 e. The molecular weight excluding hydrogens is 354 g/mol. The Morgan fingerprint density at radius 1 is 1.00 bits per heavy atom. The van der Waals surface area contributed by atoms with E-state index in [1.54, 1.807) is 19.2 Å². The first-order chi connectivity index (χ1) is 13.6. The number of nitrogens with two attached hydrogens (primary N) is 1. The molecule has 3 N–H and O–H groups in total. The van der Waals surface area contributed by atoms with Crippen molar-refractivity contribution >= 4 is 5.97 Å². The number of carbonyl (C=O) groups is 1. The minimum Gasteiger partial charge on any atom is -0.496 e. The minimum absolute atomic E-state index is 0.0701. The molecule has 0 aromatic heterocycles. The molecule has 0 aliphatic carbocycles. The van der Waals surface area contributed by atoms with Crippen LogP contribution in [0.15, 0.2) is 66.7 Å². The first-order valence-electron chi connectivity index (χ1n) is 9.00. The number of carboxylic acids is 1. The molecule has 144 valence electrons. The fraction of sp³-hybridized carbons (Fsp3) is 0.174. The number of carboxylic acid groups (broad SMARTS) is 1. The normalized spacial score (nSPS) is 10.5. The lowest BCUT2D eigenvalue weighted by Gasteiger charge is -2.14. The smallest absolute Gasteiger partial charge is 0.307 e. The molecule has 0 amide bonds. The molecule has 0 saturated heterocycles. The van der Waals surface area contributed by atoms with Crippen LogP contribution in [0, 0.1) is 0 Å². The Labute approximate surface area is 164 Å². The molecule has 0 aliphatic rings. The van der Waals surface area contributed by atoms with Crippen molar-refractivity contribution in [1.82, 2.24) is 0 Å². The van der Waals surface area contributed by atoms with Gasteiger partial charge >= 0.3 is 5.97 Å². The third kappa shape index (κ3) is 4.50. The molecule has 3 aromatic carbocycles.